The molecule has 1 N–H and O–H groups in total. The lowest BCUT2D eigenvalue weighted by Gasteiger charge is -2.03. The van der Waals surface area contributed by atoms with Gasteiger partial charge >= 0.3 is 0 Å². The number of hydrogen-bond acceptors (Lipinski definition) is 4. The Morgan fingerprint density at radius 1 is 1.77 bits per heavy atom. The van der Waals surface area contributed by atoms with Crippen molar-refractivity contribution in [3.05, 3.63) is 16.1 Å². The molecule has 0 spiro atoms. The number of nitrogens with zero attached hydrogens (tertiary/aromatic N) is 1. The number of ketones is 1. The average Bonchev–Trinajstić information content (AvgIpc) is 2.49. The van der Waals surface area contributed by atoms with Crippen LogP contribution in [0.1, 0.15) is 24.0 Å². The Morgan fingerprint density at radius 3 is 2.92 bits per heavy atom. The zero-order valence-corrected chi connectivity index (χ0v) is 8.60. The summed E-state index contributed by atoms with van der Waals surface area (Å²) in [6, 6.07) is 0. The van der Waals surface area contributed by atoms with Crippen LogP contribution in [-0.2, 0) is 11.2 Å². The van der Waals surface area contributed by atoms with Gasteiger partial charge in [0.15, 0.2) is 5.78 Å². The summed E-state index contributed by atoms with van der Waals surface area (Å²) >= 11 is 1.52. The first-order valence-electron chi connectivity index (χ1n) is 4.25. The number of carbonyl (C=O) groups is 1. The number of aliphatic hydroxyl groups is 1. The van der Waals surface area contributed by atoms with Crippen molar-refractivity contribution < 1.29 is 9.90 Å². The highest BCUT2D eigenvalue weighted by molar-refractivity contribution is 7.09. The molecular formula is C9H13NO2S. The van der Waals surface area contributed by atoms with E-state index in [0.29, 0.717) is 6.42 Å². The lowest BCUT2D eigenvalue weighted by Crippen LogP contribution is -2.21. The van der Waals surface area contributed by atoms with Crippen molar-refractivity contribution in [2.24, 2.45) is 0 Å². The smallest absolute Gasteiger partial charge is 0.167 e. The predicted molar refractivity (Wildman–Crippen MR) is 51.9 cm³/mol. The van der Waals surface area contributed by atoms with Crippen LogP contribution in [0.15, 0.2) is 5.38 Å². The first kappa shape index (κ1) is 10.3. The molecule has 0 aliphatic carbocycles. The van der Waals surface area contributed by atoms with Crippen LogP contribution in [0.5, 0.6) is 0 Å². The molecule has 0 bridgehead atoms. The minimum Gasteiger partial charge on any atom is -0.385 e. The van der Waals surface area contributed by atoms with Crippen LogP contribution in [0.2, 0.25) is 0 Å². The third kappa shape index (κ3) is 2.90. The second kappa shape index (κ2) is 4.48. The summed E-state index contributed by atoms with van der Waals surface area (Å²) in [5, 5.41) is 12.0. The van der Waals surface area contributed by atoms with Crippen LogP contribution in [0.3, 0.4) is 0 Å². The number of rotatable bonds is 4. The predicted octanol–water partition coefficient (Wildman–Crippen LogP) is 1.33. The minimum absolute atomic E-state index is 0.146. The highest BCUT2D eigenvalue weighted by atomic mass is 32.1. The third-order valence-corrected chi connectivity index (χ3v) is 2.60. The highest BCUT2D eigenvalue weighted by Crippen LogP contribution is 2.09. The van der Waals surface area contributed by atoms with Crippen LogP contribution in [0.4, 0.5) is 0 Å². The molecule has 0 aliphatic heterocycles. The molecule has 0 fully saturated rings. The average molecular weight is 199 g/mol. The number of aliphatic hydroxyl groups excluding tert-OH is 1. The number of thiazole rings is 1. The molecule has 1 aromatic rings. The summed E-state index contributed by atoms with van der Waals surface area (Å²) in [6.45, 7) is 3.68. The maximum atomic E-state index is 11.3. The van der Waals surface area contributed by atoms with Gasteiger partial charge in [-0.2, -0.15) is 0 Å². The van der Waals surface area contributed by atoms with Crippen molar-refractivity contribution >= 4 is 17.1 Å². The number of aromatic nitrogens is 1. The standard InChI is InChI=1S/C9H13NO2S/c1-3-8(11)9(12)4-7-5-13-6(2)10-7/h5,8,11H,3-4H2,1-2H3. The summed E-state index contributed by atoms with van der Waals surface area (Å²) in [4.78, 5) is 15.4. The second-order valence-electron chi connectivity index (χ2n) is 2.92. The monoisotopic (exact) mass is 199 g/mol. The van der Waals surface area contributed by atoms with Gasteiger partial charge in [0, 0.05) is 5.38 Å². The topological polar surface area (TPSA) is 50.2 Å². The molecule has 0 saturated heterocycles. The summed E-state index contributed by atoms with van der Waals surface area (Å²) in [5.74, 6) is -0.146. The molecule has 0 aliphatic rings. The molecule has 3 nitrogen and oxygen atoms in total. The van der Waals surface area contributed by atoms with Gasteiger partial charge in [-0.25, -0.2) is 4.98 Å². The lowest BCUT2D eigenvalue weighted by molar-refractivity contribution is -0.126. The van der Waals surface area contributed by atoms with Crippen LogP contribution in [0.25, 0.3) is 0 Å². The van der Waals surface area contributed by atoms with Gasteiger partial charge in [-0.3, -0.25) is 4.79 Å². The molecule has 1 aromatic heterocycles. The van der Waals surface area contributed by atoms with E-state index in [1.807, 2.05) is 12.3 Å². The zero-order chi connectivity index (χ0) is 9.84. The van der Waals surface area contributed by atoms with Crippen LogP contribution in [-0.4, -0.2) is 22.0 Å². The molecule has 1 rings (SSSR count). The number of Topliss-reactive ketones (excluding diaryl/α,β-unsaturated/α-hetero) is 1. The Hall–Kier alpha value is -0.740. The van der Waals surface area contributed by atoms with Gasteiger partial charge in [0.1, 0.15) is 6.10 Å². The second-order valence-corrected chi connectivity index (χ2v) is 3.99. The number of hydrogen-bond donors (Lipinski definition) is 1. The largest absolute Gasteiger partial charge is 0.385 e. The van der Waals surface area contributed by atoms with Crippen molar-refractivity contribution in [2.75, 3.05) is 0 Å². The molecule has 13 heavy (non-hydrogen) atoms. The molecule has 0 aromatic carbocycles. The molecule has 0 radical (unpaired) electrons. The molecule has 0 amide bonds. The van der Waals surface area contributed by atoms with E-state index in [1.165, 1.54) is 11.3 Å². The molecule has 1 heterocycles. The first-order chi connectivity index (χ1) is 6.13. The van der Waals surface area contributed by atoms with Gasteiger partial charge in [0.2, 0.25) is 0 Å². The van der Waals surface area contributed by atoms with Gasteiger partial charge in [0.05, 0.1) is 17.1 Å². The van der Waals surface area contributed by atoms with Crippen molar-refractivity contribution in [3.8, 4) is 0 Å². The van der Waals surface area contributed by atoms with E-state index < -0.39 is 6.10 Å². The van der Waals surface area contributed by atoms with E-state index in [9.17, 15) is 9.90 Å². The summed E-state index contributed by atoms with van der Waals surface area (Å²) in [5.41, 5.74) is 0.764. The quantitative estimate of drug-likeness (QED) is 0.796. The molecule has 1 atom stereocenters. The Morgan fingerprint density at radius 2 is 2.46 bits per heavy atom. The lowest BCUT2D eigenvalue weighted by atomic mass is 10.1. The van der Waals surface area contributed by atoms with Crippen molar-refractivity contribution in [3.63, 3.8) is 0 Å². The third-order valence-electron chi connectivity index (χ3n) is 1.78. The van der Waals surface area contributed by atoms with E-state index in [1.54, 1.807) is 6.92 Å². The molecule has 0 saturated carbocycles. The first-order valence-corrected chi connectivity index (χ1v) is 5.13. The number of carbonyl (C=O) groups excluding carboxylic acids is 1. The van der Waals surface area contributed by atoms with Crippen LogP contribution >= 0.6 is 11.3 Å². The van der Waals surface area contributed by atoms with Crippen molar-refractivity contribution in [2.45, 2.75) is 32.8 Å². The Kier molecular flexibility index (Phi) is 3.57. The van der Waals surface area contributed by atoms with Gasteiger partial charge in [-0.05, 0) is 13.3 Å². The normalized spacial score (nSPS) is 12.8. The van der Waals surface area contributed by atoms with Crippen molar-refractivity contribution in [1.82, 2.24) is 4.98 Å². The molecular weight excluding hydrogens is 186 g/mol. The minimum atomic E-state index is -0.831. The molecule has 4 heteroatoms. The molecule has 72 valence electrons. The van der Waals surface area contributed by atoms with E-state index in [4.69, 9.17) is 0 Å². The van der Waals surface area contributed by atoms with Gasteiger partial charge in [-0.1, -0.05) is 6.92 Å². The zero-order valence-electron chi connectivity index (χ0n) is 7.78. The fraction of sp³-hybridized carbons (Fsp3) is 0.556. The van der Waals surface area contributed by atoms with Gasteiger partial charge in [0.25, 0.3) is 0 Å². The SMILES string of the molecule is CCC(O)C(=O)Cc1csc(C)n1. The maximum Gasteiger partial charge on any atom is 0.167 e. The van der Waals surface area contributed by atoms with E-state index in [-0.39, 0.29) is 12.2 Å². The molecule has 1 unspecified atom stereocenters. The van der Waals surface area contributed by atoms with Gasteiger partial charge in [-0.15, -0.1) is 11.3 Å². The summed E-state index contributed by atoms with van der Waals surface area (Å²) in [7, 11) is 0. The van der Waals surface area contributed by atoms with E-state index in [2.05, 4.69) is 4.98 Å². The summed E-state index contributed by atoms with van der Waals surface area (Å²) < 4.78 is 0. The maximum absolute atomic E-state index is 11.3. The highest BCUT2D eigenvalue weighted by Gasteiger charge is 2.14. The Bertz CT molecular complexity index is 296. The Balaban J connectivity index is 2.54. The van der Waals surface area contributed by atoms with E-state index >= 15 is 0 Å². The number of aryl methyl sites for hydroxylation is 1. The Labute approximate surface area is 81.4 Å². The fourth-order valence-electron chi connectivity index (χ4n) is 1.01. The van der Waals surface area contributed by atoms with Crippen molar-refractivity contribution in [1.29, 1.82) is 0 Å². The fourth-order valence-corrected chi connectivity index (χ4v) is 1.63. The van der Waals surface area contributed by atoms with Gasteiger partial charge < -0.3 is 5.11 Å². The van der Waals surface area contributed by atoms with E-state index in [0.717, 1.165) is 10.7 Å². The summed E-state index contributed by atoms with van der Waals surface area (Å²) in [6.07, 6.45) is -0.108. The van der Waals surface area contributed by atoms with Crippen LogP contribution in [0, 0.1) is 6.92 Å². The van der Waals surface area contributed by atoms with Crippen LogP contribution < -0.4 is 0 Å².